The average molecular weight is 486 g/mol. The second-order valence-corrected chi connectivity index (χ2v) is 9.53. The van der Waals surface area contributed by atoms with Gasteiger partial charge in [-0.1, -0.05) is 37.3 Å². The normalized spacial score (nSPS) is 12.9. The lowest BCUT2D eigenvalue weighted by molar-refractivity contribution is -0.133. The number of hydrogen-bond donors (Lipinski definition) is 2. The SMILES string of the molecule is CCC(C(=O)NO)C(c1ccc(Oc2ccccc2)cc1)S(=O)(=O)c1ccc(OC)c(OC)c1. The predicted octanol–water partition coefficient (Wildman–Crippen LogP) is 4.54. The van der Waals surface area contributed by atoms with Gasteiger partial charge in [-0.05, 0) is 48.4 Å². The summed E-state index contributed by atoms with van der Waals surface area (Å²) in [6.07, 6.45) is 0.172. The minimum Gasteiger partial charge on any atom is -0.493 e. The Hall–Kier alpha value is -3.56. The fourth-order valence-corrected chi connectivity index (χ4v) is 5.82. The highest BCUT2D eigenvalue weighted by Gasteiger charge is 2.39. The Balaban J connectivity index is 2.06. The molecule has 0 bridgehead atoms. The Bertz CT molecular complexity index is 1210. The van der Waals surface area contributed by atoms with E-state index in [9.17, 15) is 18.4 Å². The Morgan fingerprint density at radius 3 is 2.09 bits per heavy atom. The predicted molar refractivity (Wildman–Crippen MR) is 126 cm³/mol. The van der Waals surface area contributed by atoms with Gasteiger partial charge >= 0.3 is 0 Å². The lowest BCUT2D eigenvalue weighted by atomic mass is 9.95. The zero-order valence-electron chi connectivity index (χ0n) is 19.1. The van der Waals surface area contributed by atoms with Crippen molar-refractivity contribution in [3.63, 3.8) is 0 Å². The number of hydroxylamine groups is 1. The number of amides is 1. The van der Waals surface area contributed by atoms with Crippen LogP contribution in [0.4, 0.5) is 0 Å². The van der Waals surface area contributed by atoms with Crippen molar-refractivity contribution in [2.24, 2.45) is 5.92 Å². The fourth-order valence-electron chi connectivity index (χ4n) is 3.74. The summed E-state index contributed by atoms with van der Waals surface area (Å²) in [7, 11) is -1.24. The summed E-state index contributed by atoms with van der Waals surface area (Å²) in [6.45, 7) is 1.68. The van der Waals surface area contributed by atoms with E-state index >= 15 is 0 Å². The first kappa shape index (κ1) is 25.1. The van der Waals surface area contributed by atoms with Crippen LogP contribution in [-0.2, 0) is 14.6 Å². The van der Waals surface area contributed by atoms with Crippen LogP contribution in [0.15, 0.2) is 77.7 Å². The van der Waals surface area contributed by atoms with Gasteiger partial charge in [0.1, 0.15) is 16.7 Å². The van der Waals surface area contributed by atoms with Gasteiger partial charge in [-0.2, -0.15) is 0 Å². The first-order valence-electron chi connectivity index (χ1n) is 10.6. The molecule has 3 aromatic carbocycles. The number of nitrogens with one attached hydrogen (secondary N) is 1. The van der Waals surface area contributed by atoms with Crippen LogP contribution in [0.1, 0.15) is 24.2 Å². The number of methoxy groups -OCH3 is 2. The van der Waals surface area contributed by atoms with E-state index in [4.69, 9.17) is 14.2 Å². The van der Waals surface area contributed by atoms with Crippen molar-refractivity contribution in [1.29, 1.82) is 0 Å². The lowest BCUT2D eigenvalue weighted by Crippen LogP contribution is -2.35. The number of sulfone groups is 1. The minimum absolute atomic E-state index is 0.0380. The number of hydrogen-bond acceptors (Lipinski definition) is 7. The molecule has 0 fully saturated rings. The van der Waals surface area contributed by atoms with Crippen LogP contribution < -0.4 is 19.7 Å². The number of benzene rings is 3. The summed E-state index contributed by atoms with van der Waals surface area (Å²) in [5, 5.41) is 8.01. The van der Waals surface area contributed by atoms with Crippen molar-refractivity contribution in [2.45, 2.75) is 23.5 Å². The molecule has 0 aromatic heterocycles. The minimum atomic E-state index is -4.10. The smallest absolute Gasteiger partial charge is 0.248 e. The van der Waals surface area contributed by atoms with Crippen LogP contribution >= 0.6 is 0 Å². The molecule has 34 heavy (non-hydrogen) atoms. The van der Waals surface area contributed by atoms with Crippen molar-refractivity contribution in [3.05, 3.63) is 78.4 Å². The summed E-state index contributed by atoms with van der Waals surface area (Å²) in [5.74, 6) is -0.0768. The van der Waals surface area contributed by atoms with Gasteiger partial charge in [-0.25, -0.2) is 13.9 Å². The van der Waals surface area contributed by atoms with Crippen LogP contribution in [0, 0.1) is 5.92 Å². The van der Waals surface area contributed by atoms with Gasteiger partial charge in [0, 0.05) is 6.07 Å². The average Bonchev–Trinajstić information content (AvgIpc) is 2.87. The molecule has 3 rings (SSSR count). The molecule has 0 radical (unpaired) electrons. The molecule has 2 unspecified atom stereocenters. The molecule has 0 spiro atoms. The van der Waals surface area contributed by atoms with Crippen molar-refractivity contribution in [1.82, 2.24) is 5.48 Å². The van der Waals surface area contributed by atoms with E-state index in [1.807, 2.05) is 18.2 Å². The largest absolute Gasteiger partial charge is 0.493 e. The third kappa shape index (κ3) is 5.32. The standard InChI is InChI=1S/C25H27NO7S/c1-4-21(25(27)26-28)24(34(29,30)20-14-15-22(31-2)23(16-20)32-3)17-10-12-19(13-11-17)33-18-8-6-5-7-9-18/h5-16,21,24,28H,4H2,1-3H3,(H,26,27). The molecular weight excluding hydrogens is 458 g/mol. The molecule has 2 atom stereocenters. The highest BCUT2D eigenvalue weighted by atomic mass is 32.2. The number of para-hydroxylation sites is 1. The second-order valence-electron chi connectivity index (χ2n) is 7.46. The Morgan fingerprint density at radius 1 is 0.912 bits per heavy atom. The molecule has 9 heteroatoms. The van der Waals surface area contributed by atoms with Gasteiger partial charge in [0.25, 0.3) is 0 Å². The summed E-state index contributed by atoms with van der Waals surface area (Å²) < 4.78 is 43.9. The molecule has 0 saturated heterocycles. The highest BCUT2D eigenvalue weighted by molar-refractivity contribution is 7.91. The van der Waals surface area contributed by atoms with E-state index in [-0.39, 0.29) is 17.1 Å². The number of ether oxygens (including phenoxy) is 3. The van der Waals surface area contributed by atoms with Crippen LogP contribution in [0.5, 0.6) is 23.0 Å². The molecule has 0 aliphatic carbocycles. The Morgan fingerprint density at radius 2 is 1.53 bits per heavy atom. The maximum atomic E-state index is 13.8. The summed E-state index contributed by atoms with van der Waals surface area (Å²) >= 11 is 0. The van der Waals surface area contributed by atoms with Crippen LogP contribution in [0.3, 0.4) is 0 Å². The first-order chi connectivity index (χ1) is 16.3. The van der Waals surface area contributed by atoms with Crippen molar-refractivity contribution >= 4 is 15.7 Å². The molecule has 2 N–H and O–H groups in total. The zero-order valence-corrected chi connectivity index (χ0v) is 19.9. The maximum Gasteiger partial charge on any atom is 0.248 e. The quantitative estimate of drug-likeness (QED) is 0.320. The van der Waals surface area contributed by atoms with E-state index < -0.39 is 26.9 Å². The summed E-state index contributed by atoms with van der Waals surface area (Å²) in [6, 6.07) is 19.9. The summed E-state index contributed by atoms with van der Waals surface area (Å²) in [4.78, 5) is 12.4. The van der Waals surface area contributed by atoms with Gasteiger partial charge in [-0.3, -0.25) is 10.0 Å². The number of carbonyl (C=O) groups excluding carboxylic acids is 1. The van der Waals surface area contributed by atoms with E-state index in [2.05, 4.69) is 0 Å². The number of rotatable bonds is 10. The second kappa shape index (κ2) is 11.0. The van der Waals surface area contributed by atoms with E-state index in [1.54, 1.807) is 48.8 Å². The molecule has 0 aliphatic rings. The van der Waals surface area contributed by atoms with Gasteiger partial charge in [0.15, 0.2) is 21.3 Å². The van der Waals surface area contributed by atoms with E-state index in [0.717, 1.165) is 0 Å². The molecule has 0 heterocycles. The van der Waals surface area contributed by atoms with Crippen LogP contribution in [-0.4, -0.2) is 33.8 Å². The molecule has 0 saturated carbocycles. The summed E-state index contributed by atoms with van der Waals surface area (Å²) in [5.41, 5.74) is 1.98. The molecule has 3 aromatic rings. The molecule has 1 amide bonds. The van der Waals surface area contributed by atoms with Gasteiger partial charge in [-0.15, -0.1) is 0 Å². The van der Waals surface area contributed by atoms with E-state index in [1.165, 1.54) is 32.4 Å². The molecule has 180 valence electrons. The van der Waals surface area contributed by atoms with Crippen molar-refractivity contribution in [2.75, 3.05) is 14.2 Å². The third-order valence-corrected chi connectivity index (χ3v) is 7.64. The Labute approximate surface area is 199 Å². The molecule has 0 aliphatic heterocycles. The van der Waals surface area contributed by atoms with Crippen LogP contribution in [0.2, 0.25) is 0 Å². The monoisotopic (exact) mass is 485 g/mol. The van der Waals surface area contributed by atoms with Crippen molar-refractivity contribution in [3.8, 4) is 23.0 Å². The van der Waals surface area contributed by atoms with Gasteiger partial charge in [0.05, 0.1) is 25.0 Å². The fraction of sp³-hybridized carbons (Fsp3) is 0.240. The number of carbonyl (C=O) groups is 1. The van der Waals surface area contributed by atoms with Gasteiger partial charge < -0.3 is 14.2 Å². The van der Waals surface area contributed by atoms with Crippen LogP contribution in [0.25, 0.3) is 0 Å². The van der Waals surface area contributed by atoms with Gasteiger partial charge in [0.2, 0.25) is 5.91 Å². The van der Waals surface area contributed by atoms with E-state index in [0.29, 0.717) is 22.8 Å². The molecule has 8 nitrogen and oxygen atoms in total. The Kier molecular flexibility index (Phi) is 8.14. The highest BCUT2D eigenvalue weighted by Crippen LogP contribution is 2.40. The first-order valence-corrected chi connectivity index (χ1v) is 12.1. The maximum absolute atomic E-state index is 13.8. The van der Waals surface area contributed by atoms with Crippen molar-refractivity contribution < 1.29 is 32.6 Å². The topological polar surface area (TPSA) is 111 Å². The third-order valence-electron chi connectivity index (χ3n) is 5.46. The lowest BCUT2D eigenvalue weighted by Gasteiger charge is -2.25. The zero-order chi connectivity index (χ0) is 24.7. The molecular formula is C25H27NO7S.